The number of hydrogen-bond donors (Lipinski definition) is 1. The van der Waals surface area contributed by atoms with Crippen molar-refractivity contribution in [3.05, 3.63) is 76.6 Å². The summed E-state index contributed by atoms with van der Waals surface area (Å²) in [5, 5.41) is 10.7. The molecule has 9 nitrogen and oxygen atoms in total. The lowest BCUT2D eigenvalue weighted by Gasteiger charge is -2.28. The SMILES string of the molecule is COC(=O)C1(Cc2ccc(OC(C)=O)c(CC=C(C)C)c2)OC(=O)C(O)=C1c1ccc(OC(C)=O)cc1. The highest BCUT2D eigenvalue weighted by Gasteiger charge is 2.55. The number of esters is 4. The van der Waals surface area contributed by atoms with E-state index >= 15 is 0 Å². The van der Waals surface area contributed by atoms with E-state index in [-0.39, 0.29) is 17.7 Å². The third kappa shape index (κ3) is 6.06. The van der Waals surface area contributed by atoms with Gasteiger partial charge in [0.2, 0.25) is 11.4 Å². The van der Waals surface area contributed by atoms with E-state index in [9.17, 15) is 24.3 Å². The van der Waals surface area contributed by atoms with Crippen LogP contribution in [-0.2, 0) is 41.5 Å². The Hall–Kier alpha value is -4.40. The van der Waals surface area contributed by atoms with Crippen molar-refractivity contribution in [2.45, 2.75) is 46.1 Å². The molecule has 0 spiro atoms. The van der Waals surface area contributed by atoms with Crippen LogP contribution in [0.4, 0.5) is 0 Å². The van der Waals surface area contributed by atoms with Crippen LogP contribution in [0.15, 0.2) is 59.9 Å². The van der Waals surface area contributed by atoms with Gasteiger partial charge in [-0.2, -0.15) is 0 Å². The molecule has 1 heterocycles. The van der Waals surface area contributed by atoms with E-state index in [4.69, 9.17) is 18.9 Å². The Morgan fingerprint density at radius 1 is 0.973 bits per heavy atom. The molecule has 0 aliphatic carbocycles. The van der Waals surface area contributed by atoms with E-state index in [2.05, 4.69) is 0 Å². The number of methoxy groups -OCH3 is 1. The Kier molecular flexibility index (Phi) is 8.17. The van der Waals surface area contributed by atoms with Gasteiger partial charge in [0.1, 0.15) is 11.5 Å². The average molecular weight is 509 g/mol. The maximum atomic E-state index is 13.1. The fourth-order valence-corrected chi connectivity index (χ4v) is 4.04. The van der Waals surface area contributed by atoms with Gasteiger partial charge in [-0.15, -0.1) is 0 Å². The second-order valence-corrected chi connectivity index (χ2v) is 8.75. The lowest BCUT2D eigenvalue weighted by Crippen LogP contribution is -2.44. The zero-order valence-corrected chi connectivity index (χ0v) is 21.2. The highest BCUT2D eigenvalue weighted by atomic mass is 16.6. The number of ether oxygens (including phenoxy) is 4. The Balaban J connectivity index is 2.10. The van der Waals surface area contributed by atoms with Crippen molar-refractivity contribution in [2.24, 2.45) is 0 Å². The molecule has 3 rings (SSSR count). The van der Waals surface area contributed by atoms with Crippen molar-refractivity contribution in [1.29, 1.82) is 0 Å². The molecule has 1 atom stereocenters. The largest absolute Gasteiger partial charge is 0.502 e. The fourth-order valence-electron chi connectivity index (χ4n) is 4.04. The maximum Gasteiger partial charge on any atom is 0.375 e. The van der Waals surface area contributed by atoms with Gasteiger partial charge in [-0.25, -0.2) is 9.59 Å². The molecular weight excluding hydrogens is 480 g/mol. The second-order valence-electron chi connectivity index (χ2n) is 8.75. The van der Waals surface area contributed by atoms with Gasteiger partial charge >= 0.3 is 23.9 Å². The predicted molar refractivity (Wildman–Crippen MR) is 133 cm³/mol. The summed E-state index contributed by atoms with van der Waals surface area (Å²) in [5.74, 6) is -3.08. The Morgan fingerprint density at radius 2 is 1.62 bits per heavy atom. The zero-order valence-electron chi connectivity index (χ0n) is 21.2. The van der Waals surface area contributed by atoms with Crippen molar-refractivity contribution in [3.63, 3.8) is 0 Å². The Labute approximate surface area is 214 Å². The van der Waals surface area contributed by atoms with Crippen LogP contribution in [0.25, 0.3) is 5.57 Å². The van der Waals surface area contributed by atoms with E-state index in [1.807, 2.05) is 19.9 Å². The van der Waals surface area contributed by atoms with Crippen LogP contribution in [0.2, 0.25) is 0 Å². The topological polar surface area (TPSA) is 125 Å². The van der Waals surface area contributed by atoms with E-state index in [0.29, 0.717) is 28.9 Å². The van der Waals surface area contributed by atoms with E-state index in [1.165, 1.54) is 38.1 Å². The average Bonchev–Trinajstić information content (AvgIpc) is 3.08. The molecule has 2 aromatic rings. The third-order valence-corrected chi connectivity index (χ3v) is 5.58. The minimum absolute atomic E-state index is 0.0753. The summed E-state index contributed by atoms with van der Waals surface area (Å²) in [4.78, 5) is 48.5. The maximum absolute atomic E-state index is 13.1. The summed E-state index contributed by atoms with van der Waals surface area (Å²) < 4.78 is 20.9. The minimum atomic E-state index is -1.99. The summed E-state index contributed by atoms with van der Waals surface area (Å²) in [5.41, 5.74) is 0.533. The predicted octanol–water partition coefficient (Wildman–Crippen LogP) is 4.03. The number of aliphatic hydroxyl groups is 1. The van der Waals surface area contributed by atoms with Gasteiger partial charge in [-0.05, 0) is 55.2 Å². The number of rotatable bonds is 8. The van der Waals surface area contributed by atoms with Crippen LogP contribution in [0, 0.1) is 0 Å². The van der Waals surface area contributed by atoms with Crippen molar-refractivity contribution >= 4 is 29.5 Å². The van der Waals surface area contributed by atoms with E-state index in [0.717, 1.165) is 12.7 Å². The molecule has 37 heavy (non-hydrogen) atoms. The first kappa shape index (κ1) is 27.2. The Bertz CT molecular complexity index is 1300. The quantitative estimate of drug-likeness (QED) is 0.320. The molecule has 0 bridgehead atoms. The van der Waals surface area contributed by atoms with Crippen LogP contribution >= 0.6 is 0 Å². The zero-order chi connectivity index (χ0) is 27.3. The summed E-state index contributed by atoms with van der Waals surface area (Å²) in [6.45, 7) is 6.43. The molecule has 0 radical (unpaired) electrons. The van der Waals surface area contributed by atoms with Crippen LogP contribution in [-0.4, -0.2) is 41.7 Å². The van der Waals surface area contributed by atoms with Gasteiger partial charge < -0.3 is 24.1 Å². The highest BCUT2D eigenvalue weighted by Crippen LogP contribution is 2.43. The molecule has 0 aromatic heterocycles. The first-order valence-corrected chi connectivity index (χ1v) is 11.4. The summed E-state index contributed by atoms with van der Waals surface area (Å²) in [6, 6.07) is 10.9. The third-order valence-electron chi connectivity index (χ3n) is 5.58. The van der Waals surface area contributed by atoms with Crippen LogP contribution < -0.4 is 9.47 Å². The number of cyclic esters (lactones) is 1. The monoisotopic (exact) mass is 508 g/mol. The van der Waals surface area contributed by atoms with Crippen molar-refractivity contribution in [2.75, 3.05) is 7.11 Å². The normalized spacial score (nSPS) is 16.6. The Morgan fingerprint density at radius 3 is 2.19 bits per heavy atom. The van der Waals surface area contributed by atoms with Gasteiger partial charge in [0.25, 0.3) is 0 Å². The molecule has 1 aliphatic rings. The van der Waals surface area contributed by atoms with Gasteiger partial charge in [0.05, 0.1) is 12.7 Å². The number of carbonyl (C=O) groups is 4. The molecule has 0 fully saturated rings. The molecule has 0 saturated heterocycles. The molecule has 2 aromatic carbocycles. The molecule has 1 aliphatic heterocycles. The van der Waals surface area contributed by atoms with E-state index < -0.39 is 35.2 Å². The standard InChI is InChI=1S/C28H28O9/c1-16(2)6-8-21-14-19(7-13-23(21)36-18(4)30)15-28(27(33)34-5)24(25(31)26(32)37-28)20-9-11-22(12-10-20)35-17(3)29/h6-7,9-14,31H,8,15H2,1-5H3. The van der Waals surface area contributed by atoms with E-state index in [1.54, 1.807) is 18.2 Å². The molecule has 1 unspecified atom stereocenters. The second kappa shape index (κ2) is 11.1. The van der Waals surface area contributed by atoms with Gasteiger partial charge in [0.15, 0.2) is 0 Å². The summed E-state index contributed by atoms with van der Waals surface area (Å²) in [7, 11) is 1.15. The van der Waals surface area contributed by atoms with Crippen molar-refractivity contribution in [3.8, 4) is 11.5 Å². The number of benzene rings is 2. The smallest absolute Gasteiger partial charge is 0.375 e. The fraction of sp³-hybridized carbons (Fsp3) is 0.286. The lowest BCUT2D eigenvalue weighted by atomic mass is 9.83. The number of allylic oxidation sites excluding steroid dienone is 2. The number of carbonyl (C=O) groups excluding carboxylic acids is 4. The van der Waals surface area contributed by atoms with Crippen LogP contribution in [0.5, 0.6) is 11.5 Å². The number of aliphatic hydroxyl groups excluding tert-OH is 1. The van der Waals surface area contributed by atoms with Crippen molar-refractivity contribution < 1.29 is 43.2 Å². The first-order valence-electron chi connectivity index (χ1n) is 11.4. The highest BCUT2D eigenvalue weighted by molar-refractivity contribution is 6.11. The summed E-state index contributed by atoms with van der Waals surface area (Å²) in [6.07, 6.45) is 2.24. The first-order chi connectivity index (χ1) is 17.5. The molecule has 1 N–H and O–H groups in total. The molecule has 0 saturated carbocycles. The molecule has 0 amide bonds. The molecular formula is C28H28O9. The molecule has 9 heteroatoms. The minimum Gasteiger partial charge on any atom is -0.502 e. The van der Waals surface area contributed by atoms with Gasteiger partial charge in [0, 0.05) is 20.3 Å². The summed E-state index contributed by atoms with van der Waals surface area (Å²) >= 11 is 0. The lowest BCUT2D eigenvalue weighted by molar-refractivity contribution is -0.169. The van der Waals surface area contributed by atoms with Crippen LogP contribution in [0.1, 0.15) is 44.4 Å². The van der Waals surface area contributed by atoms with Gasteiger partial charge in [-0.1, -0.05) is 35.9 Å². The van der Waals surface area contributed by atoms with Gasteiger partial charge in [-0.3, -0.25) is 9.59 Å². The molecule has 194 valence electrons. The van der Waals surface area contributed by atoms with Crippen LogP contribution in [0.3, 0.4) is 0 Å². The number of hydrogen-bond acceptors (Lipinski definition) is 9. The van der Waals surface area contributed by atoms with Crippen molar-refractivity contribution in [1.82, 2.24) is 0 Å².